The molecule has 1 aliphatic carbocycles. The fraction of sp³-hybridized carbons (Fsp3) is 0.467. The first-order valence-corrected chi connectivity index (χ1v) is 7.91. The van der Waals surface area contributed by atoms with Gasteiger partial charge in [0.2, 0.25) is 5.91 Å². The maximum Gasteiger partial charge on any atom is 0.230 e. The summed E-state index contributed by atoms with van der Waals surface area (Å²) in [6, 6.07) is 4.41. The van der Waals surface area contributed by atoms with Crippen LogP contribution in [0.5, 0.6) is 0 Å². The Balaban J connectivity index is 1.78. The SMILES string of the molecule is CC(=O)c1ccc(SCC(=O)NCC(N)C2CC2)cc1F. The number of carbonyl (C=O) groups excluding carboxylic acids is 2. The first-order chi connectivity index (χ1) is 9.97. The van der Waals surface area contributed by atoms with Gasteiger partial charge >= 0.3 is 0 Å². The molecule has 0 saturated heterocycles. The van der Waals surface area contributed by atoms with E-state index in [0.717, 1.165) is 12.8 Å². The van der Waals surface area contributed by atoms with Crippen LogP contribution in [0.2, 0.25) is 0 Å². The van der Waals surface area contributed by atoms with E-state index < -0.39 is 5.82 Å². The van der Waals surface area contributed by atoms with E-state index in [0.29, 0.717) is 17.4 Å². The second-order valence-electron chi connectivity index (χ2n) is 5.29. The van der Waals surface area contributed by atoms with Gasteiger partial charge in [0.1, 0.15) is 5.82 Å². The van der Waals surface area contributed by atoms with E-state index in [1.807, 2.05) is 0 Å². The van der Waals surface area contributed by atoms with Gasteiger partial charge in [-0.3, -0.25) is 9.59 Å². The minimum atomic E-state index is -0.552. The van der Waals surface area contributed by atoms with Crippen molar-refractivity contribution in [2.24, 2.45) is 11.7 Å². The Hall–Kier alpha value is -1.40. The fourth-order valence-corrected chi connectivity index (χ4v) is 2.74. The zero-order valence-electron chi connectivity index (χ0n) is 11.9. The number of carbonyl (C=O) groups is 2. The maximum absolute atomic E-state index is 13.6. The molecule has 1 aromatic carbocycles. The quantitative estimate of drug-likeness (QED) is 0.596. The summed E-state index contributed by atoms with van der Waals surface area (Å²) in [7, 11) is 0. The van der Waals surface area contributed by atoms with Crippen molar-refractivity contribution in [2.45, 2.75) is 30.7 Å². The zero-order chi connectivity index (χ0) is 15.4. The molecule has 0 bridgehead atoms. The Morgan fingerprint density at radius 2 is 2.19 bits per heavy atom. The Bertz CT molecular complexity index is 546. The van der Waals surface area contributed by atoms with Crippen LogP contribution in [0, 0.1) is 11.7 Å². The number of ketones is 1. The number of nitrogens with two attached hydrogens (primary N) is 1. The number of hydrogen-bond donors (Lipinski definition) is 2. The van der Waals surface area contributed by atoms with Gasteiger partial charge in [-0.25, -0.2) is 4.39 Å². The zero-order valence-corrected chi connectivity index (χ0v) is 12.7. The lowest BCUT2D eigenvalue weighted by molar-refractivity contribution is -0.118. The highest BCUT2D eigenvalue weighted by Crippen LogP contribution is 2.31. The lowest BCUT2D eigenvalue weighted by Gasteiger charge is -2.11. The lowest BCUT2D eigenvalue weighted by Crippen LogP contribution is -2.39. The molecule has 0 radical (unpaired) electrons. The smallest absolute Gasteiger partial charge is 0.230 e. The monoisotopic (exact) mass is 310 g/mol. The van der Waals surface area contributed by atoms with Gasteiger partial charge in [0.25, 0.3) is 0 Å². The van der Waals surface area contributed by atoms with E-state index in [2.05, 4.69) is 5.32 Å². The van der Waals surface area contributed by atoms with Crippen LogP contribution >= 0.6 is 11.8 Å². The molecule has 21 heavy (non-hydrogen) atoms. The minimum Gasteiger partial charge on any atom is -0.354 e. The van der Waals surface area contributed by atoms with Crippen LogP contribution in [0.1, 0.15) is 30.1 Å². The predicted molar refractivity (Wildman–Crippen MR) is 80.8 cm³/mol. The van der Waals surface area contributed by atoms with Crippen molar-refractivity contribution in [3.05, 3.63) is 29.6 Å². The van der Waals surface area contributed by atoms with E-state index in [9.17, 15) is 14.0 Å². The highest BCUT2D eigenvalue weighted by atomic mass is 32.2. The number of halogens is 1. The molecule has 0 aliphatic heterocycles. The minimum absolute atomic E-state index is 0.0336. The van der Waals surface area contributed by atoms with Gasteiger partial charge in [-0.1, -0.05) is 0 Å². The molecule has 1 aliphatic rings. The number of hydrogen-bond acceptors (Lipinski definition) is 4. The van der Waals surface area contributed by atoms with Gasteiger partial charge < -0.3 is 11.1 Å². The van der Waals surface area contributed by atoms with Crippen LogP contribution in [-0.2, 0) is 4.79 Å². The van der Waals surface area contributed by atoms with Crippen molar-refractivity contribution in [3.63, 3.8) is 0 Å². The normalized spacial score (nSPS) is 15.6. The number of benzene rings is 1. The van der Waals surface area contributed by atoms with Gasteiger partial charge in [0.15, 0.2) is 5.78 Å². The van der Waals surface area contributed by atoms with E-state index in [-0.39, 0.29) is 29.0 Å². The second-order valence-corrected chi connectivity index (χ2v) is 6.34. The number of nitrogens with one attached hydrogen (secondary N) is 1. The molecule has 1 unspecified atom stereocenters. The average molecular weight is 310 g/mol. The highest BCUT2D eigenvalue weighted by molar-refractivity contribution is 8.00. The Labute approximate surface area is 127 Å². The number of rotatable bonds is 7. The Morgan fingerprint density at radius 3 is 2.76 bits per heavy atom. The van der Waals surface area contributed by atoms with Crippen LogP contribution in [0.4, 0.5) is 4.39 Å². The molecule has 6 heteroatoms. The van der Waals surface area contributed by atoms with Crippen molar-refractivity contribution in [3.8, 4) is 0 Å². The van der Waals surface area contributed by atoms with Gasteiger partial charge in [-0.05, 0) is 43.9 Å². The van der Waals surface area contributed by atoms with E-state index in [1.165, 1.54) is 30.8 Å². The molecule has 4 nitrogen and oxygen atoms in total. The summed E-state index contributed by atoms with van der Waals surface area (Å²) < 4.78 is 13.6. The van der Waals surface area contributed by atoms with Crippen LogP contribution < -0.4 is 11.1 Å². The summed E-state index contributed by atoms with van der Waals surface area (Å²) in [6.07, 6.45) is 2.29. The Kier molecular flexibility index (Phi) is 5.36. The summed E-state index contributed by atoms with van der Waals surface area (Å²) in [4.78, 5) is 23.4. The first kappa shape index (κ1) is 16.0. The standard InChI is InChI=1S/C15H19FN2O2S/c1-9(19)12-5-4-11(6-13(12)16)21-8-15(20)18-7-14(17)10-2-3-10/h4-6,10,14H,2-3,7-8,17H2,1H3,(H,18,20). The van der Waals surface area contributed by atoms with E-state index >= 15 is 0 Å². The molecule has 1 amide bonds. The molecule has 1 saturated carbocycles. The van der Waals surface area contributed by atoms with Gasteiger partial charge in [0, 0.05) is 17.5 Å². The molecule has 0 aromatic heterocycles. The molecular formula is C15H19FN2O2S. The topological polar surface area (TPSA) is 72.2 Å². The molecule has 114 valence electrons. The van der Waals surface area contributed by atoms with Gasteiger partial charge in [-0.2, -0.15) is 0 Å². The Morgan fingerprint density at radius 1 is 1.48 bits per heavy atom. The summed E-state index contributed by atoms with van der Waals surface area (Å²) >= 11 is 1.23. The van der Waals surface area contributed by atoms with E-state index in [4.69, 9.17) is 5.73 Å². The van der Waals surface area contributed by atoms with E-state index in [1.54, 1.807) is 6.07 Å². The maximum atomic E-state index is 13.6. The van der Waals surface area contributed by atoms with Crippen molar-refractivity contribution in [1.82, 2.24) is 5.32 Å². The third-order valence-electron chi connectivity index (χ3n) is 3.45. The lowest BCUT2D eigenvalue weighted by atomic mass is 10.1. The molecule has 1 fully saturated rings. The van der Waals surface area contributed by atoms with Crippen LogP contribution in [0.3, 0.4) is 0 Å². The third kappa shape index (κ3) is 4.82. The van der Waals surface area contributed by atoms with Gasteiger partial charge in [0.05, 0.1) is 11.3 Å². The highest BCUT2D eigenvalue weighted by Gasteiger charge is 2.28. The summed E-state index contributed by atoms with van der Waals surface area (Å²) in [5.41, 5.74) is 5.97. The molecule has 1 aromatic rings. The molecular weight excluding hydrogens is 291 g/mol. The van der Waals surface area contributed by atoms with Crippen molar-refractivity contribution >= 4 is 23.5 Å². The van der Waals surface area contributed by atoms with Crippen LogP contribution in [0.25, 0.3) is 0 Å². The second kappa shape index (κ2) is 7.04. The molecule has 1 atom stereocenters. The third-order valence-corrected chi connectivity index (χ3v) is 4.45. The fourth-order valence-electron chi connectivity index (χ4n) is 1.99. The number of amides is 1. The molecule has 3 N–H and O–H groups in total. The van der Waals surface area contributed by atoms with Crippen molar-refractivity contribution < 1.29 is 14.0 Å². The summed E-state index contributed by atoms with van der Waals surface area (Å²) in [5.74, 6) is -0.228. The predicted octanol–water partition coefficient (Wildman–Crippen LogP) is 1.97. The molecule has 0 heterocycles. The van der Waals surface area contributed by atoms with Crippen molar-refractivity contribution in [1.29, 1.82) is 0 Å². The van der Waals surface area contributed by atoms with Crippen LogP contribution in [0.15, 0.2) is 23.1 Å². The largest absolute Gasteiger partial charge is 0.354 e. The average Bonchev–Trinajstić information content (AvgIpc) is 3.26. The van der Waals surface area contributed by atoms with Crippen LogP contribution in [-0.4, -0.2) is 30.0 Å². The first-order valence-electron chi connectivity index (χ1n) is 6.93. The summed E-state index contributed by atoms with van der Waals surface area (Å²) in [6.45, 7) is 1.81. The number of Topliss-reactive ketones (excluding diaryl/α,β-unsaturated/α-hetero) is 1. The summed E-state index contributed by atoms with van der Waals surface area (Å²) in [5, 5.41) is 2.79. The molecule has 2 rings (SSSR count). The molecule has 0 spiro atoms. The van der Waals surface area contributed by atoms with Crippen molar-refractivity contribution in [2.75, 3.05) is 12.3 Å². The van der Waals surface area contributed by atoms with Gasteiger partial charge in [-0.15, -0.1) is 11.8 Å². The number of thioether (sulfide) groups is 1.